The van der Waals surface area contributed by atoms with Crippen molar-refractivity contribution in [1.82, 2.24) is 9.47 Å². The Balaban J connectivity index is 1.48. The predicted molar refractivity (Wildman–Crippen MR) is 205 cm³/mol. The second kappa shape index (κ2) is 15.0. The van der Waals surface area contributed by atoms with Gasteiger partial charge in [0.25, 0.3) is 11.5 Å². The second-order valence-corrected chi connectivity index (χ2v) is 13.8. The minimum absolute atomic E-state index is 0.150. The number of carbonyl (C=O) groups excluding carboxylic acids is 1. The van der Waals surface area contributed by atoms with Crippen LogP contribution in [0.3, 0.4) is 0 Å². The molecule has 1 aromatic heterocycles. The molecule has 1 aliphatic rings. The topological polar surface area (TPSA) is 82.4 Å². The third-order valence-corrected chi connectivity index (χ3v) is 10.5. The zero-order valence-corrected chi connectivity index (χ0v) is 31.4. The molecule has 2 heterocycles. The van der Waals surface area contributed by atoms with E-state index in [9.17, 15) is 9.59 Å². The van der Waals surface area contributed by atoms with E-state index < -0.39 is 6.04 Å². The van der Waals surface area contributed by atoms with Gasteiger partial charge in [-0.2, -0.15) is 0 Å². The number of amides is 1. The van der Waals surface area contributed by atoms with Crippen molar-refractivity contribution in [2.45, 2.75) is 61.1 Å². The molecular weight excluding hydrogens is 659 g/mol. The molecule has 0 fully saturated rings. The van der Waals surface area contributed by atoms with Crippen LogP contribution in [0.1, 0.15) is 67.1 Å². The Bertz CT molecular complexity index is 2330. The second-order valence-electron chi connectivity index (χ2n) is 12.8. The van der Waals surface area contributed by atoms with Gasteiger partial charge in [-0.3, -0.25) is 14.2 Å². The van der Waals surface area contributed by atoms with Gasteiger partial charge in [0.1, 0.15) is 18.4 Å². The van der Waals surface area contributed by atoms with Crippen LogP contribution in [0, 0.1) is 20.8 Å². The van der Waals surface area contributed by atoms with Crippen molar-refractivity contribution in [3.63, 3.8) is 0 Å². The first-order chi connectivity index (χ1) is 24.6. The first-order valence-corrected chi connectivity index (χ1v) is 18.2. The van der Waals surface area contributed by atoms with E-state index in [4.69, 9.17) is 19.2 Å². The van der Waals surface area contributed by atoms with E-state index in [1.165, 1.54) is 28.0 Å². The van der Waals surface area contributed by atoms with E-state index in [-0.39, 0.29) is 11.5 Å². The van der Waals surface area contributed by atoms with E-state index >= 15 is 0 Å². The predicted octanol–water partition coefficient (Wildman–Crippen LogP) is 7.17. The lowest BCUT2D eigenvalue weighted by atomic mass is 9.90. The van der Waals surface area contributed by atoms with Crippen LogP contribution in [0.25, 0.3) is 16.8 Å². The summed E-state index contributed by atoms with van der Waals surface area (Å²) in [6.07, 6.45) is 1.85. The first kappa shape index (κ1) is 35.7. The maximum atomic E-state index is 14.6. The maximum Gasteiger partial charge on any atom is 0.271 e. The van der Waals surface area contributed by atoms with Crippen molar-refractivity contribution in [3.05, 3.63) is 131 Å². The number of thiazole rings is 1. The Hall–Kier alpha value is -5.15. The summed E-state index contributed by atoms with van der Waals surface area (Å²) >= 11 is 1.30. The molecule has 0 aliphatic carbocycles. The largest absolute Gasteiger partial charge is 0.496 e. The molecule has 51 heavy (non-hydrogen) atoms. The fourth-order valence-corrected chi connectivity index (χ4v) is 8.07. The summed E-state index contributed by atoms with van der Waals surface area (Å²) in [6.45, 7) is 15.9. The van der Waals surface area contributed by atoms with Crippen LogP contribution in [0.15, 0.2) is 87.8 Å². The van der Waals surface area contributed by atoms with Crippen molar-refractivity contribution >= 4 is 34.1 Å². The smallest absolute Gasteiger partial charge is 0.271 e. The normalized spacial score (nSPS) is 14.4. The molecule has 0 N–H and O–H groups in total. The van der Waals surface area contributed by atoms with Gasteiger partial charge in [0.15, 0.2) is 16.3 Å². The fourth-order valence-electron chi connectivity index (χ4n) is 7.03. The average molecular weight is 704 g/mol. The Kier molecular flexibility index (Phi) is 10.5. The number of nitrogens with zero attached hydrogens (tertiary/aromatic N) is 3. The highest BCUT2D eigenvalue weighted by Crippen LogP contribution is 2.40. The summed E-state index contributed by atoms with van der Waals surface area (Å²) < 4.78 is 20.4. The summed E-state index contributed by atoms with van der Waals surface area (Å²) in [4.78, 5) is 36.0. The van der Waals surface area contributed by atoms with Crippen LogP contribution < -0.4 is 29.1 Å². The van der Waals surface area contributed by atoms with Crippen LogP contribution in [-0.2, 0) is 11.4 Å². The van der Waals surface area contributed by atoms with E-state index in [1.54, 1.807) is 16.6 Å². The average Bonchev–Trinajstić information content (AvgIpc) is 3.41. The van der Waals surface area contributed by atoms with Crippen LogP contribution in [-0.4, -0.2) is 42.2 Å². The molecule has 9 heteroatoms. The SMILES string of the molecule is CCOc1cc(/C=c2/sc3n(c2=O)[C@H](c2c(OC)ccc4ccccc24)C(C(=O)N(CC)CC)=C(C)N=3)ccc1OCc1c(C)cc(C)cc1C. The van der Waals surface area contributed by atoms with Crippen LogP contribution in [0.5, 0.6) is 17.2 Å². The third kappa shape index (κ3) is 6.82. The summed E-state index contributed by atoms with van der Waals surface area (Å²) in [5.41, 5.74) is 7.11. The van der Waals surface area contributed by atoms with Gasteiger partial charge < -0.3 is 19.1 Å². The van der Waals surface area contributed by atoms with E-state index in [0.717, 1.165) is 27.5 Å². The monoisotopic (exact) mass is 703 g/mol. The van der Waals surface area contributed by atoms with Crippen LogP contribution in [0.2, 0.25) is 0 Å². The fraction of sp³-hybridized carbons (Fsp3) is 0.310. The molecule has 0 spiro atoms. The number of hydrogen-bond acceptors (Lipinski definition) is 7. The lowest BCUT2D eigenvalue weighted by molar-refractivity contribution is -0.127. The summed E-state index contributed by atoms with van der Waals surface area (Å²) in [5, 5.41) is 1.89. The maximum absolute atomic E-state index is 14.6. The summed E-state index contributed by atoms with van der Waals surface area (Å²) in [7, 11) is 1.62. The van der Waals surface area contributed by atoms with Crippen molar-refractivity contribution in [1.29, 1.82) is 0 Å². The quantitative estimate of drug-likeness (QED) is 0.146. The molecule has 0 radical (unpaired) electrons. The highest BCUT2D eigenvalue weighted by molar-refractivity contribution is 7.07. The first-order valence-electron chi connectivity index (χ1n) is 17.4. The van der Waals surface area contributed by atoms with Gasteiger partial charge in [-0.05, 0) is 106 Å². The van der Waals surface area contributed by atoms with Crippen LogP contribution >= 0.6 is 11.3 Å². The zero-order chi connectivity index (χ0) is 36.4. The molecule has 4 aromatic carbocycles. The summed E-state index contributed by atoms with van der Waals surface area (Å²) in [6, 6.07) is 21.2. The molecule has 0 bridgehead atoms. The molecule has 0 saturated carbocycles. The number of fused-ring (bicyclic) bond motifs is 2. The van der Waals surface area contributed by atoms with Gasteiger partial charge in [0.05, 0.1) is 29.5 Å². The molecule has 6 rings (SSSR count). The number of rotatable bonds is 11. The minimum Gasteiger partial charge on any atom is -0.496 e. The van der Waals surface area contributed by atoms with E-state index in [2.05, 4.69) is 32.9 Å². The number of likely N-dealkylation sites (N-methyl/N-ethyl adjacent to an activating group) is 1. The molecule has 1 atom stereocenters. The number of carbonyl (C=O) groups is 1. The molecule has 0 saturated heterocycles. The van der Waals surface area contributed by atoms with E-state index in [1.807, 2.05) is 88.4 Å². The van der Waals surface area contributed by atoms with Crippen LogP contribution in [0.4, 0.5) is 0 Å². The lowest BCUT2D eigenvalue weighted by Gasteiger charge is -2.30. The van der Waals surface area contributed by atoms with Gasteiger partial charge in [-0.1, -0.05) is 65.4 Å². The Morgan fingerprint density at radius 3 is 2.29 bits per heavy atom. The molecule has 1 amide bonds. The molecule has 5 aromatic rings. The lowest BCUT2D eigenvalue weighted by Crippen LogP contribution is -2.43. The number of benzene rings is 4. The number of aromatic nitrogens is 1. The van der Waals surface area contributed by atoms with E-state index in [0.29, 0.717) is 64.2 Å². The Morgan fingerprint density at radius 1 is 0.902 bits per heavy atom. The van der Waals surface area contributed by atoms with Gasteiger partial charge in [0, 0.05) is 18.7 Å². The van der Waals surface area contributed by atoms with Crippen molar-refractivity contribution < 1.29 is 19.0 Å². The zero-order valence-electron chi connectivity index (χ0n) is 30.6. The molecule has 1 aliphatic heterocycles. The number of allylic oxidation sites excluding steroid dienone is 1. The van der Waals surface area contributed by atoms with Crippen molar-refractivity contribution in [2.75, 3.05) is 26.8 Å². The number of aryl methyl sites for hydroxylation is 3. The Morgan fingerprint density at radius 2 is 1.61 bits per heavy atom. The van der Waals surface area contributed by atoms with Crippen molar-refractivity contribution in [3.8, 4) is 17.2 Å². The van der Waals surface area contributed by atoms with Gasteiger partial charge in [-0.25, -0.2) is 4.99 Å². The number of methoxy groups -OCH3 is 1. The van der Waals surface area contributed by atoms with Gasteiger partial charge in [0.2, 0.25) is 0 Å². The molecule has 0 unspecified atom stereocenters. The standard InChI is InChI=1S/C42H45N3O5S/c1-9-44(10-2)41(47)37-28(7)43-42-45(39(37)38-31-15-13-12-14-30(31)17-19-34(38)48-8)40(46)36(51-42)23-29-16-18-33(35(22-29)49-11-3)50-24-32-26(5)20-25(4)21-27(32)6/h12-23,39H,9-11,24H2,1-8H3/b36-23+/t39-/m0/s1. The number of hydrogen-bond donors (Lipinski definition) is 0. The molecule has 264 valence electrons. The molecule has 8 nitrogen and oxygen atoms in total. The van der Waals surface area contributed by atoms with Gasteiger partial charge in [-0.15, -0.1) is 0 Å². The highest BCUT2D eigenvalue weighted by Gasteiger charge is 2.36. The summed E-state index contributed by atoms with van der Waals surface area (Å²) in [5.74, 6) is 1.68. The highest BCUT2D eigenvalue weighted by atomic mass is 32.1. The Labute approximate surface area is 302 Å². The third-order valence-electron chi connectivity index (χ3n) is 9.50. The number of ether oxygens (including phenoxy) is 3. The molecular formula is C42H45N3O5S. The van der Waals surface area contributed by atoms with Crippen molar-refractivity contribution in [2.24, 2.45) is 4.99 Å². The minimum atomic E-state index is -0.749. The van der Waals surface area contributed by atoms with Gasteiger partial charge >= 0.3 is 0 Å².